The largest absolute Gasteiger partial charge is 0.453 e. The van der Waals surface area contributed by atoms with Gasteiger partial charge in [0.15, 0.2) is 0 Å². The number of carbonyl (C=O) groups excluding carboxylic acids is 3. The number of aliphatic hydroxyl groups is 1. The number of carbonyl (C=O) groups is 3. The number of anilines is 2. The SMILES string of the molecule is COC(=O)Nc1ccc2c(c1)NC(=O)CC(O)C=CCC(NC(=O)Cc1c(C)[nH]c3ccc(Cl)cc13)c1ncc-2[nH]1. The Kier molecular flexibility index (Phi) is 8.09. The first-order valence-corrected chi connectivity index (χ1v) is 13.3. The molecule has 41 heavy (non-hydrogen) atoms. The lowest BCUT2D eigenvalue weighted by Gasteiger charge is -2.16. The molecule has 2 unspecified atom stereocenters. The molecule has 2 aromatic heterocycles. The summed E-state index contributed by atoms with van der Waals surface area (Å²) in [4.78, 5) is 48.8. The fourth-order valence-corrected chi connectivity index (χ4v) is 5.01. The number of imidazole rings is 1. The van der Waals surface area contributed by atoms with Crippen molar-refractivity contribution < 1.29 is 24.2 Å². The standard InChI is InChI=1S/C29H29ClN6O5/c1-15-20(21-10-16(30)6-9-22(21)32-15)13-27(39)34-23-5-3-4-18(37)12-26(38)35-24-11-17(33-29(40)41-2)7-8-19(24)25-14-31-28(23)36-25/h3-4,6-11,14,18,23,32,37H,5,12-13H2,1-2H3,(H,31,36)(H,33,40)(H,34,39)(H,35,38). The zero-order chi connectivity index (χ0) is 29.1. The number of rotatable bonds is 4. The smallest absolute Gasteiger partial charge is 0.411 e. The van der Waals surface area contributed by atoms with E-state index in [1.165, 1.54) is 13.2 Å². The lowest BCUT2D eigenvalue weighted by Crippen LogP contribution is -2.30. The third-order valence-electron chi connectivity index (χ3n) is 6.82. The van der Waals surface area contributed by atoms with E-state index in [0.29, 0.717) is 39.9 Å². The van der Waals surface area contributed by atoms with E-state index in [0.717, 1.165) is 22.2 Å². The number of nitrogens with one attached hydrogen (secondary N) is 5. The molecule has 2 atom stereocenters. The predicted octanol–water partition coefficient (Wildman–Crippen LogP) is 4.75. The van der Waals surface area contributed by atoms with Crippen LogP contribution in [0.3, 0.4) is 0 Å². The molecular formula is C29H29ClN6O5. The molecule has 4 aromatic rings. The molecule has 212 valence electrons. The molecule has 2 aromatic carbocycles. The first-order chi connectivity index (χ1) is 19.7. The van der Waals surface area contributed by atoms with Gasteiger partial charge in [0.05, 0.1) is 49.7 Å². The van der Waals surface area contributed by atoms with E-state index in [9.17, 15) is 19.5 Å². The summed E-state index contributed by atoms with van der Waals surface area (Å²) in [5, 5.41) is 20.3. The molecule has 0 saturated carbocycles. The number of nitrogens with zero attached hydrogens (tertiary/aromatic N) is 1. The van der Waals surface area contributed by atoms with Gasteiger partial charge in [0.25, 0.3) is 0 Å². The molecule has 3 amide bonds. The summed E-state index contributed by atoms with van der Waals surface area (Å²) < 4.78 is 4.65. The highest BCUT2D eigenvalue weighted by atomic mass is 35.5. The Morgan fingerprint density at radius 2 is 2.02 bits per heavy atom. The maximum absolute atomic E-state index is 13.3. The number of fused-ring (bicyclic) bond motifs is 5. The van der Waals surface area contributed by atoms with Gasteiger partial charge in [-0.3, -0.25) is 14.9 Å². The summed E-state index contributed by atoms with van der Waals surface area (Å²) in [6, 6.07) is 9.93. The number of aromatic nitrogens is 3. The number of amides is 3. The zero-order valence-electron chi connectivity index (χ0n) is 22.4. The number of halogens is 1. The summed E-state index contributed by atoms with van der Waals surface area (Å²) in [7, 11) is 1.25. The van der Waals surface area contributed by atoms with E-state index >= 15 is 0 Å². The Morgan fingerprint density at radius 1 is 1.20 bits per heavy atom. The van der Waals surface area contributed by atoms with Crippen molar-refractivity contribution in [1.82, 2.24) is 20.3 Å². The highest BCUT2D eigenvalue weighted by molar-refractivity contribution is 6.31. The quantitative estimate of drug-likeness (QED) is 0.192. The monoisotopic (exact) mass is 576 g/mol. The average Bonchev–Trinajstić information content (AvgIpc) is 3.52. The van der Waals surface area contributed by atoms with Gasteiger partial charge < -0.3 is 30.4 Å². The van der Waals surface area contributed by atoms with Crippen LogP contribution in [0.1, 0.15) is 36.0 Å². The van der Waals surface area contributed by atoms with Gasteiger partial charge in [-0.1, -0.05) is 23.8 Å². The molecule has 0 spiro atoms. The van der Waals surface area contributed by atoms with E-state index in [2.05, 4.69) is 35.6 Å². The van der Waals surface area contributed by atoms with Crippen LogP contribution >= 0.6 is 11.6 Å². The minimum atomic E-state index is -1.04. The lowest BCUT2D eigenvalue weighted by atomic mass is 10.1. The second-order valence-corrected chi connectivity index (χ2v) is 10.2. The minimum absolute atomic E-state index is 0.125. The summed E-state index contributed by atoms with van der Waals surface area (Å²) in [5.74, 6) is -0.137. The number of benzene rings is 2. The molecule has 2 bridgehead atoms. The summed E-state index contributed by atoms with van der Waals surface area (Å²) in [5.41, 5.74) is 4.62. The van der Waals surface area contributed by atoms with Gasteiger partial charge >= 0.3 is 6.09 Å². The molecule has 6 N–H and O–H groups in total. The number of aliphatic hydroxyl groups excluding tert-OH is 1. The maximum atomic E-state index is 13.3. The van der Waals surface area contributed by atoms with Crippen LogP contribution in [0.5, 0.6) is 0 Å². The van der Waals surface area contributed by atoms with Gasteiger partial charge in [0, 0.05) is 32.9 Å². The molecule has 3 heterocycles. The Bertz CT molecular complexity index is 1660. The Hall–Kier alpha value is -4.61. The van der Waals surface area contributed by atoms with Crippen molar-refractivity contribution in [2.75, 3.05) is 17.7 Å². The van der Waals surface area contributed by atoms with E-state index in [1.54, 1.807) is 36.5 Å². The molecule has 0 fully saturated rings. The number of methoxy groups -OCH3 is 1. The number of hydrogen-bond donors (Lipinski definition) is 6. The molecule has 5 rings (SSSR count). The summed E-state index contributed by atoms with van der Waals surface area (Å²) in [6.07, 6.45) is 3.41. The molecule has 0 saturated heterocycles. The van der Waals surface area contributed by atoms with E-state index in [1.807, 2.05) is 19.1 Å². The fraction of sp³-hybridized carbons (Fsp3) is 0.241. The van der Waals surface area contributed by atoms with Crippen molar-refractivity contribution in [3.63, 3.8) is 0 Å². The van der Waals surface area contributed by atoms with Gasteiger partial charge in [-0.2, -0.15) is 0 Å². The van der Waals surface area contributed by atoms with Gasteiger partial charge in [0.1, 0.15) is 5.82 Å². The molecule has 11 nitrogen and oxygen atoms in total. The Morgan fingerprint density at radius 3 is 2.83 bits per heavy atom. The van der Waals surface area contributed by atoms with Crippen LogP contribution in [0, 0.1) is 6.92 Å². The third kappa shape index (κ3) is 6.42. The van der Waals surface area contributed by atoms with Crippen LogP contribution in [0.4, 0.5) is 16.2 Å². The van der Waals surface area contributed by atoms with Crippen molar-refractivity contribution in [3.8, 4) is 11.3 Å². The number of aryl methyl sites for hydroxylation is 1. The average molecular weight is 577 g/mol. The lowest BCUT2D eigenvalue weighted by molar-refractivity contribution is -0.121. The fourth-order valence-electron chi connectivity index (χ4n) is 4.84. The van der Waals surface area contributed by atoms with Gasteiger partial charge in [-0.25, -0.2) is 9.78 Å². The topological polar surface area (TPSA) is 161 Å². The van der Waals surface area contributed by atoms with Gasteiger partial charge in [-0.05, 0) is 55.3 Å². The predicted molar refractivity (Wildman–Crippen MR) is 156 cm³/mol. The minimum Gasteiger partial charge on any atom is -0.453 e. The second kappa shape index (κ2) is 11.9. The Balaban J connectivity index is 1.45. The van der Waals surface area contributed by atoms with Crippen LogP contribution in [0.25, 0.3) is 22.2 Å². The first-order valence-electron chi connectivity index (χ1n) is 12.9. The summed E-state index contributed by atoms with van der Waals surface area (Å²) in [6.45, 7) is 1.91. The highest BCUT2D eigenvalue weighted by Crippen LogP contribution is 2.32. The van der Waals surface area contributed by atoms with Crippen LogP contribution in [0.15, 0.2) is 54.7 Å². The van der Waals surface area contributed by atoms with E-state index < -0.39 is 24.1 Å². The molecule has 0 aliphatic carbocycles. The molecule has 1 aliphatic heterocycles. The second-order valence-electron chi connectivity index (χ2n) is 9.76. The number of hydrogen-bond acceptors (Lipinski definition) is 6. The molecule has 0 radical (unpaired) electrons. The highest BCUT2D eigenvalue weighted by Gasteiger charge is 2.22. The number of aromatic amines is 2. The number of H-pyrrole nitrogens is 2. The van der Waals surface area contributed by atoms with Crippen LogP contribution in [-0.4, -0.2) is 51.2 Å². The number of ether oxygens (including phenoxy) is 1. The normalized spacial score (nSPS) is 17.0. The third-order valence-corrected chi connectivity index (χ3v) is 7.05. The van der Waals surface area contributed by atoms with Crippen LogP contribution < -0.4 is 16.0 Å². The molecule has 1 aliphatic rings. The maximum Gasteiger partial charge on any atom is 0.411 e. The van der Waals surface area contributed by atoms with Crippen LogP contribution in [0.2, 0.25) is 5.02 Å². The van der Waals surface area contributed by atoms with Gasteiger partial charge in [0.2, 0.25) is 11.8 Å². The van der Waals surface area contributed by atoms with Crippen molar-refractivity contribution in [2.24, 2.45) is 0 Å². The van der Waals surface area contributed by atoms with E-state index in [-0.39, 0.29) is 18.7 Å². The van der Waals surface area contributed by atoms with Crippen molar-refractivity contribution in [3.05, 3.63) is 76.9 Å². The van der Waals surface area contributed by atoms with Crippen molar-refractivity contribution >= 4 is 51.8 Å². The molecular weight excluding hydrogens is 548 g/mol. The van der Waals surface area contributed by atoms with E-state index in [4.69, 9.17) is 11.6 Å². The van der Waals surface area contributed by atoms with Crippen molar-refractivity contribution in [1.29, 1.82) is 0 Å². The Labute approximate surface area is 240 Å². The van der Waals surface area contributed by atoms with Crippen LogP contribution in [-0.2, 0) is 20.7 Å². The molecule has 12 heteroatoms. The zero-order valence-corrected chi connectivity index (χ0v) is 23.1. The first kappa shape index (κ1) is 27.9. The van der Waals surface area contributed by atoms with Crippen molar-refractivity contribution in [2.45, 2.75) is 38.3 Å². The van der Waals surface area contributed by atoms with Gasteiger partial charge in [-0.15, -0.1) is 0 Å². The summed E-state index contributed by atoms with van der Waals surface area (Å²) >= 11 is 6.21.